The van der Waals surface area contributed by atoms with Gasteiger partial charge in [0.05, 0.1) is 16.7 Å². The molecule has 98 valence electrons. The number of nitroso groups, excluding NO2 is 1. The summed E-state index contributed by atoms with van der Waals surface area (Å²) in [7, 11) is 0. The third-order valence-corrected chi connectivity index (χ3v) is 4.05. The van der Waals surface area contributed by atoms with E-state index in [0.29, 0.717) is 24.9 Å². The van der Waals surface area contributed by atoms with E-state index in [1.165, 1.54) is 11.1 Å². The summed E-state index contributed by atoms with van der Waals surface area (Å²) < 4.78 is 0. The van der Waals surface area contributed by atoms with Crippen molar-refractivity contribution in [1.82, 2.24) is 5.01 Å². The zero-order valence-electron chi connectivity index (χ0n) is 10.9. The van der Waals surface area contributed by atoms with E-state index in [2.05, 4.69) is 34.1 Å². The molecule has 1 aromatic carbocycles. The van der Waals surface area contributed by atoms with E-state index in [4.69, 9.17) is 0 Å². The molecule has 2 aliphatic rings. The fourth-order valence-electron chi connectivity index (χ4n) is 3.28. The lowest BCUT2D eigenvalue weighted by atomic mass is 9.97. The van der Waals surface area contributed by atoms with Crippen LogP contribution in [0.2, 0.25) is 0 Å². The molecule has 0 radical (unpaired) electrons. The lowest BCUT2D eigenvalue weighted by Crippen LogP contribution is -2.30. The fourth-order valence-corrected chi connectivity index (χ4v) is 3.28. The Balaban J connectivity index is 2.08. The average molecular weight is 256 g/mol. The lowest BCUT2D eigenvalue weighted by Gasteiger charge is -2.26. The molecule has 2 atom stereocenters. The summed E-state index contributed by atoms with van der Waals surface area (Å²) in [5, 5.41) is 4.72. The Kier molecular flexibility index (Phi) is 2.89. The molecule has 1 aromatic rings. The van der Waals surface area contributed by atoms with Crippen LogP contribution in [0, 0.1) is 4.91 Å². The van der Waals surface area contributed by atoms with Gasteiger partial charge in [0.15, 0.2) is 0 Å². The zero-order chi connectivity index (χ0) is 13.4. The standard InChI is InChI=1S/C14H16N4O/c1-3-16-14-6-12-10-4-9(7-18(8-10)17-19)11(12)5-13(14)15-2/h3,5-6,9-10H,2,4,7-8H2,1H3. The normalized spacial score (nSPS) is 24.6. The van der Waals surface area contributed by atoms with Crippen molar-refractivity contribution in [2.24, 2.45) is 15.3 Å². The average Bonchev–Trinajstić information content (AvgIpc) is 2.69. The first-order valence-corrected chi connectivity index (χ1v) is 6.48. The Bertz CT molecular complexity index is 567. The van der Waals surface area contributed by atoms with Gasteiger partial charge in [0.25, 0.3) is 0 Å². The van der Waals surface area contributed by atoms with Crippen molar-refractivity contribution >= 4 is 24.3 Å². The molecule has 2 unspecified atom stereocenters. The predicted octanol–water partition coefficient (Wildman–Crippen LogP) is 3.31. The maximum Gasteiger partial charge on any atom is 0.0884 e. The molecule has 1 aliphatic heterocycles. The Labute approximate surface area is 112 Å². The van der Waals surface area contributed by atoms with Gasteiger partial charge in [0.1, 0.15) is 0 Å². The molecular formula is C14H16N4O. The number of hydrogen-bond acceptors (Lipinski definition) is 4. The third kappa shape index (κ3) is 1.85. The second kappa shape index (κ2) is 4.57. The first kappa shape index (κ1) is 12.0. The SMILES string of the molecule is C=Nc1cc2c(cc1N=CC)C1CC2CN(N=O)C1. The van der Waals surface area contributed by atoms with E-state index in [0.717, 1.165) is 17.8 Å². The molecule has 2 bridgehead atoms. The third-order valence-electron chi connectivity index (χ3n) is 4.05. The number of aliphatic imine (C=N–C) groups is 2. The van der Waals surface area contributed by atoms with Gasteiger partial charge in [0, 0.05) is 31.1 Å². The first-order valence-electron chi connectivity index (χ1n) is 6.48. The molecular weight excluding hydrogens is 240 g/mol. The van der Waals surface area contributed by atoms with Gasteiger partial charge in [-0.2, -0.15) is 0 Å². The van der Waals surface area contributed by atoms with Crippen LogP contribution < -0.4 is 0 Å². The summed E-state index contributed by atoms with van der Waals surface area (Å²) in [6.45, 7) is 6.92. The molecule has 0 aromatic heterocycles. The molecule has 19 heavy (non-hydrogen) atoms. The van der Waals surface area contributed by atoms with Crippen LogP contribution in [0.4, 0.5) is 11.4 Å². The minimum absolute atomic E-state index is 0.381. The molecule has 0 spiro atoms. The Morgan fingerprint density at radius 1 is 1.26 bits per heavy atom. The van der Waals surface area contributed by atoms with E-state index in [1.807, 2.05) is 6.92 Å². The number of piperidine rings is 1. The zero-order valence-corrected chi connectivity index (χ0v) is 10.9. The second-order valence-electron chi connectivity index (χ2n) is 5.10. The summed E-state index contributed by atoms with van der Waals surface area (Å²) in [5.41, 5.74) is 4.25. The maximum atomic E-state index is 10.7. The monoisotopic (exact) mass is 256 g/mol. The van der Waals surface area contributed by atoms with Crippen LogP contribution in [0.15, 0.2) is 27.4 Å². The van der Waals surface area contributed by atoms with Crippen LogP contribution in [0.3, 0.4) is 0 Å². The molecule has 1 aliphatic carbocycles. The van der Waals surface area contributed by atoms with Crippen molar-refractivity contribution in [3.8, 4) is 0 Å². The Morgan fingerprint density at radius 2 is 1.89 bits per heavy atom. The van der Waals surface area contributed by atoms with Crippen molar-refractivity contribution in [3.05, 3.63) is 28.2 Å². The first-order chi connectivity index (χ1) is 9.26. The molecule has 5 heteroatoms. The van der Waals surface area contributed by atoms with Gasteiger partial charge in [0.2, 0.25) is 0 Å². The van der Waals surface area contributed by atoms with Gasteiger partial charge in [-0.1, -0.05) is 0 Å². The molecule has 3 rings (SSSR count). The van der Waals surface area contributed by atoms with Crippen LogP contribution in [0.1, 0.15) is 36.3 Å². The summed E-state index contributed by atoms with van der Waals surface area (Å²) >= 11 is 0. The van der Waals surface area contributed by atoms with Gasteiger partial charge in [-0.05, 0) is 43.3 Å². The summed E-state index contributed by atoms with van der Waals surface area (Å²) in [5.74, 6) is 0.766. The molecule has 0 N–H and O–H groups in total. The Morgan fingerprint density at radius 3 is 2.42 bits per heavy atom. The smallest absolute Gasteiger partial charge is 0.0884 e. The van der Waals surface area contributed by atoms with Gasteiger partial charge >= 0.3 is 0 Å². The van der Waals surface area contributed by atoms with E-state index >= 15 is 0 Å². The van der Waals surface area contributed by atoms with Crippen LogP contribution in [0.5, 0.6) is 0 Å². The molecule has 0 amide bonds. The summed E-state index contributed by atoms with van der Waals surface area (Å²) in [4.78, 5) is 19.2. The molecule has 0 saturated carbocycles. The number of benzene rings is 1. The predicted molar refractivity (Wildman–Crippen MR) is 76.9 cm³/mol. The van der Waals surface area contributed by atoms with Gasteiger partial charge < -0.3 is 0 Å². The minimum atomic E-state index is 0.381. The van der Waals surface area contributed by atoms with Crippen molar-refractivity contribution in [3.63, 3.8) is 0 Å². The molecule has 1 heterocycles. The van der Waals surface area contributed by atoms with Gasteiger partial charge in [-0.25, -0.2) is 0 Å². The van der Waals surface area contributed by atoms with Gasteiger partial charge in [-0.3, -0.25) is 15.0 Å². The maximum absolute atomic E-state index is 10.7. The van der Waals surface area contributed by atoms with E-state index < -0.39 is 0 Å². The highest BCUT2D eigenvalue weighted by Crippen LogP contribution is 2.49. The molecule has 1 fully saturated rings. The fraction of sp³-hybridized carbons (Fsp3) is 0.429. The van der Waals surface area contributed by atoms with Crippen LogP contribution in [-0.4, -0.2) is 31.0 Å². The van der Waals surface area contributed by atoms with Crippen molar-refractivity contribution < 1.29 is 0 Å². The van der Waals surface area contributed by atoms with E-state index in [-0.39, 0.29) is 0 Å². The molecule has 5 nitrogen and oxygen atoms in total. The van der Waals surface area contributed by atoms with Crippen molar-refractivity contribution in [2.45, 2.75) is 25.2 Å². The van der Waals surface area contributed by atoms with Crippen molar-refractivity contribution in [1.29, 1.82) is 0 Å². The Hall–Kier alpha value is -2.04. The van der Waals surface area contributed by atoms with E-state index in [9.17, 15) is 4.91 Å². The molecule has 1 saturated heterocycles. The quantitative estimate of drug-likeness (QED) is 0.615. The number of fused-ring (bicyclic) bond motifs is 5. The topological polar surface area (TPSA) is 57.4 Å². The van der Waals surface area contributed by atoms with Gasteiger partial charge in [-0.15, -0.1) is 4.91 Å². The minimum Gasteiger partial charge on any atom is -0.262 e. The number of hydrogen-bond donors (Lipinski definition) is 0. The number of nitrogens with zero attached hydrogens (tertiary/aromatic N) is 4. The van der Waals surface area contributed by atoms with Crippen LogP contribution in [0.25, 0.3) is 0 Å². The summed E-state index contributed by atoms with van der Waals surface area (Å²) in [6.07, 6.45) is 2.86. The highest BCUT2D eigenvalue weighted by Gasteiger charge is 2.38. The van der Waals surface area contributed by atoms with Crippen LogP contribution in [-0.2, 0) is 0 Å². The highest BCUT2D eigenvalue weighted by atomic mass is 16.3. The lowest BCUT2D eigenvalue weighted by molar-refractivity contribution is 0.208. The number of rotatable bonds is 3. The van der Waals surface area contributed by atoms with E-state index in [1.54, 1.807) is 11.2 Å². The second-order valence-corrected chi connectivity index (χ2v) is 5.10. The highest BCUT2D eigenvalue weighted by molar-refractivity contribution is 5.73. The largest absolute Gasteiger partial charge is 0.262 e. The van der Waals surface area contributed by atoms with Crippen LogP contribution >= 0.6 is 0 Å². The van der Waals surface area contributed by atoms with Crippen molar-refractivity contribution in [2.75, 3.05) is 13.1 Å². The summed E-state index contributed by atoms with van der Waals surface area (Å²) in [6, 6.07) is 4.17.